The molecule has 1 fully saturated rings. The van der Waals surface area contributed by atoms with Crippen LogP contribution >= 0.6 is 0 Å². The van der Waals surface area contributed by atoms with Crippen LogP contribution in [0.15, 0.2) is 49.2 Å². The van der Waals surface area contributed by atoms with Crippen LogP contribution in [0, 0.1) is 11.8 Å². The molecule has 1 saturated heterocycles. The van der Waals surface area contributed by atoms with Gasteiger partial charge >= 0.3 is 0 Å². The number of hydrogen-bond donors (Lipinski definition) is 2. The van der Waals surface area contributed by atoms with E-state index in [2.05, 4.69) is 24.6 Å². The third-order valence-electron chi connectivity index (χ3n) is 5.13. The second kappa shape index (κ2) is 6.59. The van der Waals surface area contributed by atoms with Crippen molar-refractivity contribution in [2.45, 2.75) is 26.0 Å². The Balaban J connectivity index is 1.87. The lowest BCUT2D eigenvalue weighted by Gasteiger charge is -2.36. The topological polar surface area (TPSA) is 37.6 Å². The van der Waals surface area contributed by atoms with Crippen LogP contribution in [0.2, 0.25) is 0 Å². The van der Waals surface area contributed by atoms with Crippen molar-refractivity contribution in [3.63, 3.8) is 0 Å². The maximum atomic E-state index is 10.9. The predicted octanol–water partition coefficient (Wildman–Crippen LogP) is 2.34. The van der Waals surface area contributed by atoms with E-state index in [9.17, 15) is 5.11 Å². The standard InChI is InChI=1S/C19H24N2O/c1-3-14-10-12-21(13-15(14)4-2)19(22)17-9-11-20-18-8-6-5-7-16(17)18/h4-9,11,14-15,19,22H,2-3,10,12-13H2,1H3/p+1. The highest BCUT2D eigenvalue weighted by Crippen LogP contribution is 2.24. The molecule has 116 valence electrons. The maximum absolute atomic E-state index is 10.9. The summed E-state index contributed by atoms with van der Waals surface area (Å²) >= 11 is 0. The Hall–Kier alpha value is -1.71. The Morgan fingerprint density at radius 2 is 2.23 bits per heavy atom. The number of aliphatic hydroxyl groups is 1. The average molecular weight is 297 g/mol. The van der Waals surface area contributed by atoms with E-state index in [1.165, 1.54) is 11.3 Å². The summed E-state index contributed by atoms with van der Waals surface area (Å²) < 4.78 is 0. The molecular formula is C19H25N2O+. The van der Waals surface area contributed by atoms with Crippen LogP contribution in [0.1, 0.15) is 31.6 Å². The van der Waals surface area contributed by atoms with Gasteiger partial charge in [-0.25, -0.2) is 0 Å². The van der Waals surface area contributed by atoms with Gasteiger partial charge in [0.15, 0.2) is 0 Å². The van der Waals surface area contributed by atoms with E-state index in [0.717, 1.165) is 36.0 Å². The highest BCUT2D eigenvalue weighted by Gasteiger charge is 2.33. The summed E-state index contributed by atoms with van der Waals surface area (Å²) in [6.07, 6.45) is 5.73. The summed E-state index contributed by atoms with van der Waals surface area (Å²) in [6.45, 7) is 8.22. The van der Waals surface area contributed by atoms with Gasteiger partial charge in [-0.15, -0.1) is 6.58 Å². The monoisotopic (exact) mass is 297 g/mol. The number of para-hydroxylation sites is 1. The van der Waals surface area contributed by atoms with Crippen molar-refractivity contribution >= 4 is 10.9 Å². The maximum Gasteiger partial charge on any atom is 0.216 e. The van der Waals surface area contributed by atoms with Gasteiger partial charge in [-0.1, -0.05) is 37.6 Å². The van der Waals surface area contributed by atoms with Gasteiger partial charge in [-0.3, -0.25) is 4.98 Å². The van der Waals surface area contributed by atoms with Crippen LogP contribution < -0.4 is 4.90 Å². The fourth-order valence-corrected chi connectivity index (χ4v) is 3.76. The van der Waals surface area contributed by atoms with Crippen molar-refractivity contribution < 1.29 is 10.0 Å². The zero-order valence-corrected chi connectivity index (χ0v) is 13.2. The number of quaternary nitrogens is 1. The first-order chi connectivity index (χ1) is 10.7. The molecule has 0 radical (unpaired) electrons. The third-order valence-corrected chi connectivity index (χ3v) is 5.13. The van der Waals surface area contributed by atoms with Gasteiger partial charge in [0.05, 0.1) is 18.6 Å². The Morgan fingerprint density at radius 1 is 1.41 bits per heavy atom. The van der Waals surface area contributed by atoms with Crippen molar-refractivity contribution in [1.82, 2.24) is 4.98 Å². The molecular weight excluding hydrogens is 272 g/mol. The van der Waals surface area contributed by atoms with E-state index in [1.54, 1.807) is 6.20 Å². The van der Waals surface area contributed by atoms with E-state index in [1.807, 2.05) is 30.3 Å². The van der Waals surface area contributed by atoms with E-state index in [4.69, 9.17) is 0 Å². The average Bonchev–Trinajstić information content (AvgIpc) is 2.60. The van der Waals surface area contributed by atoms with Crippen LogP contribution in [0.5, 0.6) is 0 Å². The Bertz CT molecular complexity index is 649. The molecule has 4 unspecified atom stereocenters. The van der Waals surface area contributed by atoms with Gasteiger partial charge in [-0.2, -0.15) is 0 Å². The third kappa shape index (κ3) is 2.79. The Labute approximate surface area is 132 Å². The Kier molecular flexibility index (Phi) is 4.55. The molecule has 1 aliphatic heterocycles. The predicted molar refractivity (Wildman–Crippen MR) is 89.5 cm³/mol. The first kappa shape index (κ1) is 15.2. The lowest BCUT2D eigenvalue weighted by atomic mass is 9.83. The molecule has 1 aromatic carbocycles. The van der Waals surface area contributed by atoms with Crippen molar-refractivity contribution in [1.29, 1.82) is 0 Å². The zero-order chi connectivity index (χ0) is 15.5. The molecule has 3 nitrogen and oxygen atoms in total. The summed E-state index contributed by atoms with van der Waals surface area (Å²) in [5.41, 5.74) is 1.93. The number of fused-ring (bicyclic) bond motifs is 1. The molecule has 0 spiro atoms. The zero-order valence-electron chi connectivity index (χ0n) is 13.2. The minimum atomic E-state index is -0.492. The fraction of sp³-hybridized carbons (Fsp3) is 0.421. The number of pyridine rings is 1. The Morgan fingerprint density at radius 3 is 3.00 bits per heavy atom. The summed E-state index contributed by atoms with van der Waals surface area (Å²) in [6, 6.07) is 9.99. The minimum absolute atomic E-state index is 0.492. The van der Waals surface area contributed by atoms with Crippen molar-refractivity contribution in [2.75, 3.05) is 13.1 Å². The van der Waals surface area contributed by atoms with Crippen molar-refractivity contribution in [3.8, 4) is 0 Å². The second-order valence-corrected chi connectivity index (χ2v) is 6.29. The second-order valence-electron chi connectivity index (χ2n) is 6.29. The largest absolute Gasteiger partial charge is 0.341 e. The summed E-state index contributed by atoms with van der Waals surface area (Å²) in [4.78, 5) is 5.63. The van der Waals surface area contributed by atoms with Gasteiger partial charge in [0.25, 0.3) is 0 Å². The summed E-state index contributed by atoms with van der Waals surface area (Å²) in [5, 5.41) is 12.0. The normalized spacial score (nSPS) is 26.7. The van der Waals surface area contributed by atoms with Crippen LogP contribution in [0.3, 0.4) is 0 Å². The number of likely N-dealkylation sites (tertiary alicyclic amines) is 1. The summed E-state index contributed by atoms with van der Waals surface area (Å²) in [7, 11) is 0. The van der Waals surface area contributed by atoms with Crippen molar-refractivity contribution in [2.24, 2.45) is 11.8 Å². The molecule has 2 N–H and O–H groups in total. The van der Waals surface area contributed by atoms with Gasteiger partial charge < -0.3 is 10.0 Å². The number of aliphatic hydroxyl groups excluding tert-OH is 1. The van der Waals surface area contributed by atoms with Gasteiger partial charge in [0, 0.05) is 29.5 Å². The first-order valence-electron chi connectivity index (χ1n) is 8.23. The molecule has 2 heterocycles. The number of rotatable bonds is 4. The van der Waals surface area contributed by atoms with Crippen LogP contribution in [-0.4, -0.2) is 23.2 Å². The molecule has 0 aliphatic carbocycles. The quantitative estimate of drug-likeness (QED) is 0.850. The number of aromatic nitrogens is 1. The minimum Gasteiger partial charge on any atom is -0.341 e. The molecule has 1 aliphatic rings. The lowest BCUT2D eigenvalue weighted by molar-refractivity contribution is -0.962. The highest BCUT2D eigenvalue weighted by atomic mass is 16.3. The molecule has 3 rings (SSSR count). The van der Waals surface area contributed by atoms with Gasteiger partial charge in [0.1, 0.15) is 0 Å². The summed E-state index contributed by atoms with van der Waals surface area (Å²) in [5.74, 6) is 1.21. The lowest BCUT2D eigenvalue weighted by Crippen LogP contribution is -3.14. The molecule has 0 amide bonds. The smallest absolute Gasteiger partial charge is 0.216 e. The highest BCUT2D eigenvalue weighted by molar-refractivity contribution is 5.81. The van der Waals surface area contributed by atoms with Gasteiger partial charge in [-0.05, 0) is 18.1 Å². The number of nitrogens with zero attached hydrogens (tertiary/aromatic N) is 1. The molecule has 0 bridgehead atoms. The van der Waals surface area contributed by atoms with E-state index >= 15 is 0 Å². The number of benzene rings is 1. The molecule has 3 heteroatoms. The van der Waals surface area contributed by atoms with Crippen LogP contribution in [0.4, 0.5) is 0 Å². The van der Waals surface area contributed by atoms with E-state index < -0.39 is 6.23 Å². The molecule has 0 saturated carbocycles. The number of hydrogen-bond acceptors (Lipinski definition) is 2. The van der Waals surface area contributed by atoms with E-state index in [0.29, 0.717) is 11.8 Å². The fourth-order valence-electron chi connectivity index (χ4n) is 3.76. The van der Waals surface area contributed by atoms with Crippen molar-refractivity contribution in [3.05, 3.63) is 54.7 Å². The molecule has 4 atom stereocenters. The molecule has 2 aromatic rings. The van der Waals surface area contributed by atoms with E-state index in [-0.39, 0.29) is 0 Å². The molecule has 22 heavy (non-hydrogen) atoms. The number of nitrogens with one attached hydrogen (secondary N) is 1. The number of piperidine rings is 1. The molecule has 1 aromatic heterocycles. The van der Waals surface area contributed by atoms with Gasteiger partial charge in [0.2, 0.25) is 6.23 Å². The van der Waals surface area contributed by atoms with Crippen LogP contribution in [-0.2, 0) is 0 Å². The first-order valence-corrected chi connectivity index (χ1v) is 8.23. The van der Waals surface area contributed by atoms with Crippen LogP contribution in [0.25, 0.3) is 10.9 Å². The SMILES string of the molecule is C=CC1C[NH+](C(O)c2ccnc3ccccc23)CCC1CC.